The van der Waals surface area contributed by atoms with Crippen molar-refractivity contribution in [2.24, 2.45) is 11.7 Å². The molecule has 0 atom stereocenters. The number of hydrogen-bond donors (Lipinski definition) is 1. The summed E-state index contributed by atoms with van der Waals surface area (Å²) < 4.78 is 5.12. The second-order valence-electron chi connectivity index (χ2n) is 5.55. The van der Waals surface area contributed by atoms with E-state index in [1.54, 1.807) is 17.0 Å². The molecule has 1 aromatic heterocycles. The highest BCUT2D eigenvalue weighted by Gasteiger charge is 2.37. The number of rotatable bonds is 3. The summed E-state index contributed by atoms with van der Waals surface area (Å²) in [5.41, 5.74) is 5.33. The van der Waals surface area contributed by atoms with Crippen molar-refractivity contribution in [3.05, 3.63) is 24.2 Å². The van der Waals surface area contributed by atoms with E-state index < -0.39 is 0 Å². The Labute approximate surface area is 117 Å². The van der Waals surface area contributed by atoms with E-state index in [-0.39, 0.29) is 17.7 Å². The second kappa shape index (κ2) is 5.28. The lowest BCUT2D eigenvalue weighted by atomic mass is 9.93. The first-order chi connectivity index (χ1) is 9.65. The van der Waals surface area contributed by atoms with Crippen molar-refractivity contribution in [3.63, 3.8) is 0 Å². The third kappa shape index (κ3) is 2.43. The van der Waals surface area contributed by atoms with Crippen molar-refractivity contribution in [1.82, 2.24) is 9.80 Å². The average molecular weight is 277 g/mol. The Balaban J connectivity index is 1.47. The topological polar surface area (TPSA) is 79.8 Å². The molecule has 2 amide bonds. The summed E-state index contributed by atoms with van der Waals surface area (Å²) in [6.07, 6.45) is 3.18. The molecule has 1 aromatic rings. The highest BCUT2D eigenvalue weighted by atomic mass is 16.3. The van der Waals surface area contributed by atoms with Gasteiger partial charge in [-0.1, -0.05) is 0 Å². The van der Waals surface area contributed by atoms with E-state index in [4.69, 9.17) is 10.2 Å². The smallest absolute Gasteiger partial charge is 0.289 e. The van der Waals surface area contributed by atoms with E-state index in [1.165, 1.54) is 6.26 Å². The molecule has 6 heteroatoms. The van der Waals surface area contributed by atoms with Crippen LogP contribution in [-0.4, -0.2) is 53.8 Å². The molecule has 0 aliphatic carbocycles. The molecule has 3 rings (SSSR count). The van der Waals surface area contributed by atoms with Crippen LogP contribution >= 0.6 is 0 Å². The molecule has 2 saturated heterocycles. The number of hydrogen-bond acceptors (Lipinski definition) is 4. The quantitative estimate of drug-likeness (QED) is 0.862. The molecule has 2 N–H and O–H groups in total. The zero-order valence-electron chi connectivity index (χ0n) is 11.3. The van der Waals surface area contributed by atoms with Gasteiger partial charge in [0, 0.05) is 25.0 Å². The Morgan fingerprint density at radius 2 is 1.95 bits per heavy atom. The first kappa shape index (κ1) is 13.2. The van der Waals surface area contributed by atoms with Gasteiger partial charge in [0.2, 0.25) is 5.91 Å². The Morgan fingerprint density at radius 1 is 1.25 bits per heavy atom. The van der Waals surface area contributed by atoms with E-state index in [2.05, 4.69) is 4.90 Å². The van der Waals surface area contributed by atoms with E-state index in [9.17, 15) is 9.59 Å². The predicted molar refractivity (Wildman–Crippen MR) is 71.9 cm³/mol. The maximum atomic E-state index is 12.0. The first-order valence-electron chi connectivity index (χ1n) is 7.01. The van der Waals surface area contributed by atoms with Gasteiger partial charge in [-0.3, -0.25) is 14.5 Å². The summed E-state index contributed by atoms with van der Waals surface area (Å²) in [6.45, 7) is 3.25. The van der Waals surface area contributed by atoms with E-state index in [0.717, 1.165) is 39.0 Å². The lowest BCUT2D eigenvalue weighted by Crippen LogP contribution is -2.62. The first-order valence-corrected chi connectivity index (χ1v) is 7.01. The van der Waals surface area contributed by atoms with Gasteiger partial charge in [-0.05, 0) is 38.1 Å². The van der Waals surface area contributed by atoms with E-state index >= 15 is 0 Å². The number of amides is 2. The molecule has 0 aromatic carbocycles. The molecule has 2 fully saturated rings. The number of primary amides is 1. The largest absolute Gasteiger partial charge is 0.459 e. The minimum absolute atomic E-state index is 0.0205. The molecule has 2 aliphatic rings. The van der Waals surface area contributed by atoms with Crippen LogP contribution < -0.4 is 5.73 Å². The second-order valence-corrected chi connectivity index (χ2v) is 5.55. The molecule has 0 unspecified atom stereocenters. The van der Waals surface area contributed by atoms with Crippen molar-refractivity contribution in [2.45, 2.75) is 18.9 Å². The highest BCUT2D eigenvalue weighted by Crippen LogP contribution is 2.24. The fourth-order valence-electron chi connectivity index (χ4n) is 2.96. The number of piperidine rings is 1. The molecule has 0 radical (unpaired) electrons. The van der Waals surface area contributed by atoms with E-state index in [0.29, 0.717) is 11.8 Å². The minimum atomic E-state index is -0.187. The van der Waals surface area contributed by atoms with Gasteiger partial charge in [0.1, 0.15) is 0 Å². The summed E-state index contributed by atoms with van der Waals surface area (Å²) in [5, 5.41) is 0. The number of nitrogens with two attached hydrogens (primary N) is 1. The van der Waals surface area contributed by atoms with Crippen LogP contribution in [-0.2, 0) is 4.79 Å². The lowest BCUT2D eigenvalue weighted by molar-refractivity contribution is -0.123. The van der Waals surface area contributed by atoms with Crippen molar-refractivity contribution in [3.8, 4) is 0 Å². The van der Waals surface area contributed by atoms with Crippen molar-refractivity contribution < 1.29 is 14.0 Å². The summed E-state index contributed by atoms with van der Waals surface area (Å²) >= 11 is 0. The Morgan fingerprint density at radius 3 is 2.50 bits per heavy atom. The van der Waals surface area contributed by atoms with Crippen LogP contribution in [0.3, 0.4) is 0 Å². The normalized spacial score (nSPS) is 21.7. The maximum Gasteiger partial charge on any atom is 0.289 e. The van der Waals surface area contributed by atoms with Gasteiger partial charge >= 0.3 is 0 Å². The number of likely N-dealkylation sites (tertiary alicyclic amines) is 2. The molecule has 0 bridgehead atoms. The average Bonchev–Trinajstić information content (AvgIpc) is 2.91. The van der Waals surface area contributed by atoms with Gasteiger partial charge < -0.3 is 15.1 Å². The standard InChI is InChI=1S/C14H19N3O3/c15-13(18)10-3-5-16(6-4-10)11-8-17(9-11)14(19)12-2-1-7-20-12/h1-2,7,10-11H,3-6,8-9H2,(H2,15,18). The molecule has 108 valence electrons. The predicted octanol–water partition coefficient (Wildman–Crippen LogP) is 0.301. The summed E-state index contributed by atoms with van der Waals surface area (Å²) in [7, 11) is 0. The van der Waals surface area contributed by atoms with Crippen molar-refractivity contribution in [2.75, 3.05) is 26.2 Å². The molecule has 2 aliphatic heterocycles. The maximum absolute atomic E-state index is 12.0. The number of furan rings is 1. The van der Waals surface area contributed by atoms with Crippen LogP contribution in [0.5, 0.6) is 0 Å². The van der Waals surface area contributed by atoms with Crippen LogP contribution in [0.4, 0.5) is 0 Å². The van der Waals surface area contributed by atoms with Gasteiger partial charge in [0.15, 0.2) is 5.76 Å². The number of nitrogens with zero attached hydrogens (tertiary/aromatic N) is 2. The molecule has 0 saturated carbocycles. The van der Waals surface area contributed by atoms with Crippen molar-refractivity contribution in [1.29, 1.82) is 0 Å². The zero-order valence-corrected chi connectivity index (χ0v) is 11.3. The highest BCUT2D eigenvalue weighted by molar-refractivity contribution is 5.92. The fraction of sp³-hybridized carbons (Fsp3) is 0.571. The van der Waals surface area contributed by atoms with Gasteiger partial charge in [-0.15, -0.1) is 0 Å². The molecule has 20 heavy (non-hydrogen) atoms. The Bertz CT molecular complexity index is 486. The number of carbonyl (C=O) groups is 2. The van der Waals surface area contributed by atoms with Gasteiger partial charge in [-0.25, -0.2) is 0 Å². The third-order valence-electron chi connectivity index (χ3n) is 4.33. The summed E-state index contributed by atoms with van der Waals surface area (Å²) in [6, 6.07) is 3.82. The Hall–Kier alpha value is -1.82. The molecular weight excluding hydrogens is 258 g/mol. The summed E-state index contributed by atoms with van der Waals surface area (Å²) in [5.74, 6) is 0.189. The fourth-order valence-corrected chi connectivity index (χ4v) is 2.96. The van der Waals surface area contributed by atoms with Gasteiger partial charge in [0.25, 0.3) is 5.91 Å². The molecule has 3 heterocycles. The van der Waals surface area contributed by atoms with Gasteiger partial charge in [-0.2, -0.15) is 0 Å². The van der Waals surface area contributed by atoms with Gasteiger partial charge in [0.05, 0.1) is 6.26 Å². The SMILES string of the molecule is NC(=O)C1CCN(C2CN(C(=O)c3ccco3)C2)CC1. The van der Waals surface area contributed by atoms with E-state index in [1.807, 2.05) is 0 Å². The number of carbonyl (C=O) groups excluding carboxylic acids is 2. The molecular formula is C14H19N3O3. The van der Waals surface area contributed by atoms with Crippen molar-refractivity contribution >= 4 is 11.8 Å². The van der Waals surface area contributed by atoms with Crippen LogP contribution in [0.15, 0.2) is 22.8 Å². The van der Waals surface area contributed by atoms with Crippen LogP contribution in [0.25, 0.3) is 0 Å². The molecule has 0 spiro atoms. The van der Waals surface area contributed by atoms with Crippen LogP contribution in [0.2, 0.25) is 0 Å². The van der Waals surface area contributed by atoms with Crippen LogP contribution in [0, 0.1) is 5.92 Å². The monoisotopic (exact) mass is 277 g/mol. The summed E-state index contributed by atoms with van der Waals surface area (Å²) in [4.78, 5) is 27.3. The lowest BCUT2D eigenvalue weighted by Gasteiger charge is -2.47. The third-order valence-corrected chi connectivity index (χ3v) is 4.33. The minimum Gasteiger partial charge on any atom is -0.459 e. The zero-order chi connectivity index (χ0) is 14.1. The molecule has 6 nitrogen and oxygen atoms in total. The Kier molecular flexibility index (Phi) is 3.48. The van der Waals surface area contributed by atoms with Crippen LogP contribution in [0.1, 0.15) is 23.4 Å².